The molecule has 0 radical (unpaired) electrons. The van der Waals surface area contributed by atoms with Gasteiger partial charge < -0.3 is 9.90 Å². The monoisotopic (exact) mass is 179 g/mol. The molecule has 0 aliphatic rings. The van der Waals surface area contributed by atoms with Crippen molar-refractivity contribution in [3.63, 3.8) is 0 Å². The number of aldehydes is 1. The number of amides is 1. The summed E-state index contributed by atoms with van der Waals surface area (Å²) >= 11 is 0. The van der Waals surface area contributed by atoms with Crippen LogP contribution in [-0.4, -0.2) is 17.5 Å². The molecule has 0 atom stereocenters. The smallest absolute Gasteiger partial charge is 0.409 e. The minimum Gasteiger partial charge on any atom is -0.465 e. The van der Waals surface area contributed by atoms with E-state index in [1.54, 1.807) is 24.3 Å². The number of anilines is 1. The van der Waals surface area contributed by atoms with Crippen molar-refractivity contribution in [1.29, 1.82) is 0 Å². The Hall–Kier alpha value is -1.84. The Balaban J connectivity index is 2.90. The summed E-state index contributed by atoms with van der Waals surface area (Å²) in [5.41, 5.74) is 1.14. The molecule has 0 saturated carbocycles. The second-order valence-corrected chi connectivity index (χ2v) is 2.46. The van der Waals surface area contributed by atoms with Crippen molar-refractivity contribution in [1.82, 2.24) is 0 Å². The number of hydrogen-bond acceptors (Lipinski definition) is 2. The SMILES string of the molecule is O=CCc1ccccc1NC(=O)O. The van der Waals surface area contributed by atoms with Gasteiger partial charge in [0.1, 0.15) is 6.29 Å². The van der Waals surface area contributed by atoms with E-state index in [-0.39, 0.29) is 6.42 Å². The van der Waals surface area contributed by atoms with Gasteiger partial charge in [-0.25, -0.2) is 4.79 Å². The molecule has 0 aromatic heterocycles. The van der Waals surface area contributed by atoms with E-state index in [2.05, 4.69) is 5.32 Å². The van der Waals surface area contributed by atoms with Gasteiger partial charge in [-0.05, 0) is 11.6 Å². The number of nitrogens with one attached hydrogen (secondary N) is 1. The van der Waals surface area contributed by atoms with E-state index in [4.69, 9.17) is 5.11 Å². The van der Waals surface area contributed by atoms with Gasteiger partial charge in [0.15, 0.2) is 0 Å². The summed E-state index contributed by atoms with van der Waals surface area (Å²) in [4.78, 5) is 20.6. The number of carbonyl (C=O) groups is 2. The highest BCUT2D eigenvalue weighted by atomic mass is 16.4. The summed E-state index contributed by atoms with van der Waals surface area (Å²) in [7, 11) is 0. The molecule has 4 heteroatoms. The molecule has 0 aliphatic carbocycles. The van der Waals surface area contributed by atoms with Crippen LogP contribution in [0, 0.1) is 0 Å². The Kier molecular flexibility index (Phi) is 3.03. The summed E-state index contributed by atoms with van der Waals surface area (Å²) in [6.45, 7) is 0. The molecule has 0 saturated heterocycles. The van der Waals surface area contributed by atoms with Crippen LogP contribution < -0.4 is 5.32 Å². The van der Waals surface area contributed by atoms with Crippen LogP contribution in [0.15, 0.2) is 24.3 Å². The van der Waals surface area contributed by atoms with E-state index in [1.165, 1.54) is 0 Å². The number of para-hydroxylation sites is 1. The predicted octanol–water partition coefficient (Wildman–Crippen LogP) is 1.52. The lowest BCUT2D eigenvalue weighted by molar-refractivity contribution is -0.107. The first-order chi connectivity index (χ1) is 6.24. The fourth-order valence-electron chi connectivity index (χ4n) is 1.03. The van der Waals surface area contributed by atoms with Gasteiger partial charge in [-0.2, -0.15) is 0 Å². The highest BCUT2D eigenvalue weighted by Crippen LogP contribution is 2.14. The maximum atomic E-state index is 10.3. The van der Waals surface area contributed by atoms with Gasteiger partial charge in [0.25, 0.3) is 0 Å². The molecule has 1 aromatic rings. The fourth-order valence-corrected chi connectivity index (χ4v) is 1.03. The van der Waals surface area contributed by atoms with Gasteiger partial charge in [0.2, 0.25) is 0 Å². The van der Waals surface area contributed by atoms with Gasteiger partial charge in [-0.15, -0.1) is 0 Å². The van der Waals surface area contributed by atoms with Crippen LogP contribution in [0.1, 0.15) is 5.56 Å². The summed E-state index contributed by atoms with van der Waals surface area (Å²) < 4.78 is 0. The average Bonchev–Trinajstić information content (AvgIpc) is 2.08. The molecule has 0 spiro atoms. The van der Waals surface area contributed by atoms with Crippen LogP contribution in [0.4, 0.5) is 10.5 Å². The number of hydrogen-bond donors (Lipinski definition) is 2. The van der Waals surface area contributed by atoms with Crippen LogP contribution >= 0.6 is 0 Å². The second-order valence-electron chi connectivity index (χ2n) is 2.46. The summed E-state index contributed by atoms with van der Waals surface area (Å²) in [5.74, 6) is 0. The highest BCUT2D eigenvalue weighted by molar-refractivity contribution is 5.84. The van der Waals surface area contributed by atoms with Crippen molar-refractivity contribution < 1.29 is 14.7 Å². The third-order valence-corrected chi connectivity index (χ3v) is 1.56. The van der Waals surface area contributed by atoms with Crippen LogP contribution in [0.3, 0.4) is 0 Å². The maximum Gasteiger partial charge on any atom is 0.409 e. The number of benzene rings is 1. The van der Waals surface area contributed by atoms with Gasteiger partial charge in [0, 0.05) is 12.1 Å². The zero-order valence-corrected chi connectivity index (χ0v) is 6.86. The van der Waals surface area contributed by atoms with Crippen LogP contribution in [0.2, 0.25) is 0 Å². The maximum absolute atomic E-state index is 10.3. The summed E-state index contributed by atoms with van der Waals surface area (Å²) in [6.07, 6.45) is -0.169. The molecule has 2 N–H and O–H groups in total. The molecule has 13 heavy (non-hydrogen) atoms. The predicted molar refractivity (Wildman–Crippen MR) is 47.9 cm³/mol. The third-order valence-electron chi connectivity index (χ3n) is 1.56. The van der Waals surface area contributed by atoms with E-state index in [9.17, 15) is 9.59 Å². The first-order valence-corrected chi connectivity index (χ1v) is 3.75. The van der Waals surface area contributed by atoms with Crippen LogP contribution in [-0.2, 0) is 11.2 Å². The first kappa shape index (κ1) is 9.25. The van der Waals surface area contributed by atoms with Gasteiger partial charge in [0.05, 0.1) is 0 Å². The molecule has 1 aromatic carbocycles. The molecule has 1 amide bonds. The largest absolute Gasteiger partial charge is 0.465 e. The standard InChI is InChI=1S/C9H9NO3/c11-6-5-7-3-1-2-4-8(7)10-9(12)13/h1-4,6,10H,5H2,(H,12,13). The topological polar surface area (TPSA) is 66.4 Å². The minimum absolute atomic E-state index is 0.219. The normalized spacial score (nSPS) is 9.23. The molecule has 4 nitrogen and oxygen atoms in total. The van der Waals surface area contributed by atoms with Gasteiger partial charge >= 0.3 is 6.09 Å². The Bertz CT molecular complexity index is 322. The van der Waals surface area contributed by atoms with E-state index in [0.29, 0.717) is 11.3 Å². The molecule has 0 fully saturated rings. The number of rotatable bonds is 3. The molecular weight excluding hydrogens is 170 g/mol. The molecular formula is C9H9NO3. The Morgan fingerprint density at radius 3 is 2.77 bits per heavy atom. The highest BCUT2D eigenvalue weighted by Gasteiger charge is 2.02. The molecule has 68 valence electrons. The van der Waals surface area contributed by atoms with Crippen LogP contribution in [0.25, 0.3) is 0 Å². The first-order valence-electron chi connectivity index (χ1n) is 3.75. The molecule has 0 aliphatic heterocycles. The molecule has 0 unspecified atom stereocenters. The Labute approximate surface area is 75.2 Å². The van der Waals surface area contributed by atoms with Crippen molar-refractivity contribution in [3.05, 3.63) is 29.8 Å². The van der Waals surface area contributed by atoms with Crippen molar-refractivity contribution in [2.45, 2.75) is 6.42 Å². The van der Waals surface area contributed by atoms with Gasteiger partial charge in [-0.3, -0.25) is 5.32 Å². The van der Waals surface area contributed by atoms with Crippen molar-refractivity contribution in [2.24, 2.45) is 0 Å². The fraction of sp³-hybridized carbons (Fsp3) is 0.111. The number of carbonyl (C=O) groups excluding carboxylic acids is 1. The average molecular weight is 179 g/mol. The zero-order valence-electron chi connectivity index (χ0n) is 6.86. The zero-order chi connectivity index (χ0) is 9.68. The van der Waals surface area contributed by atoms with Crippen molar-refractivity contribution in [2.75, 3.05) is 5.32 Å². The van der Waals surface area contributed by atoms with Crippen molar-refractivity contribution >= 4 is 18.1 Å². The van der Waals surface area contributed by atoms with E-state index < -0.39 is 6.09 Å². The second kappa shape index (κ2) is 4.25. The Morgan fingerprint density at radius 1 is 1.46 bits per heavy atom. The van der Waals surface area contributed by atoms with E-state index >= 15 is 0 Å². The van der Waals surface area contributed by atoms with Gasteiger partial charge in [-0.1, -0.05) is 18.2 Å². The summed E-state index contributed by atoms with van der Waals surface area (Å²) in [6, 6.07) is 6.79. The molecule has 0 bridgehead atoms. The van der Waals surface area contributed by atoms with E-state index in [0.717, 1.165) is 6.29 Å². The lowest BCUT2D eigenvalue weighted by Gasteiger charge is -2.05. The lowest BCUT2D eigenvalue weighted by Crippen LogP contribution is -2.09. The summed E-state index contributed by atoms with van der Waals surface area (Å²) in [5, 5.41) is 10.7. The number of carboxylic acid groups (broad SMARTS) is 1. The quantitative estimate of drug-likeness (QED) is 0.691. The third kappa shape index (κ3) is 2.59. The van der Waals surface area contributed by atoms with E-state index in [1.807, 2.05) is 0 Å². The molecule has 0 heterocycles. The van der Waals surface area contributed by atoms with Crippen LogP contribution in [0.5, 0.6) is 0 Å². The lowest BCUT2D eigenvalue weighted by atomic mass is 10.1. The molecule has 1 rings (SSSR count). The van der Waals surface area contributed by atoms with Crippen molar-refractivity contribution in [3.8, 4) is 0 Å². The minimum atomic E-state index is -1.13. The Morgan fingerprint density at radius 2 is 2.15 bits per heavy atom.